The molecule has 3 nitrogen and oxygen atoms in total. The summed E-state index contributed by atoms with van der Waals surface area (Å²) < 4.78 is 67.3. The number of rotatable bonds is 2. The molecule has 1 aliphatic heterocycles. The van der Waals surface area contributed by atoms with Crippen molar-refractivity contribution in [3.8, 4) is 0 Å². The van der Waals surface area contributed by atoms with Crippen LogP contribution in [0.2, 0.25) is 0 Å². The first-order valence-electron chi connectivity index (χ1n) is 7.30. The minimum Gasteiger partial charge on any atom is -0.327 e. The van der Waals surface area contributed by atoms with Crippen LogP contribution in [0.15, 0.2) is 12.3 Å². The van der Waals surface area contributed by atoms with Gasteiger partial charge in [-0.05, 0) is 19.9 Å². The van der Waals surface area contributed by atoms with Gasteiger partial charge in [-0.2, -0.15) is 13.2 Å². The molecule has 0 aromatic carbocycles. The standard InChI is InChI=1S/C15H16F5N3/c1-8(2)22-3-4-23-11(7-22)12(13(16)17)10-5-9(15(18,19)20)6-21-14(10)23/h5-6,8,13H,3-4,7H2,1-2H3. The first kappa shape index (κ1) is 16.2. The van der Waals surface area contributed by atoms with Gasteiger partial charge < -0.3 is 4.57 Å². The van der Waals surface area contributed by atoms with E-state index in [-0.39, 0.29) is 29.2 Å². The Labute approximate surface area is 129 Å². The maximum absolute atomic E-state index is 13.5. The van der Waals surface area contributed by atoms with Crippen LogP contribution in [-0.2, 0) is 19.3 Å². The lowest BCUT2D eigenvalue weighted by molar-refractivity contribution is -0.137. The fraction of sp³-hybridized carbons (Fsp3) is 0.533. The van der Waals surface area contributed by atoms with Crippen molar-refractivity contribution in [2.24, 2.45) is 0 Å². The molecule has 126 valence electrons. The van der Waals surface area contributed by atoms with Crippen molar-refractivity contribution >= 4 is 11.0 Å². The van der Waals surface area contributed by atoms with Crippen molar-refractivity contribution in [2.75, 3.05) is 6.54 Å². The molecule has 0 amide bonds. The average molecular weight is 333 g/mol. The van der Waals surface area contributed by atoms with Crippen molar-refractivity contribution in [3.63, 3.8) is 0 Å². The van der Waals surface area contributed by atoms with Gasteiger partial charge >= 0.3 is 6.18 Å². The zero-order valence-corrected chi connectivity index (χ0v) is 12.7. The first-order chi connectivity index (χ1) is 10.7. The molecule has 0 saturated heterocycles. The molecule has 0 unspecified atom stereocenters. The summed E-state index contributed by atoms with van der Waals surface area (Å²) in [6.07, 6.45) is -6.74. The van der Waals surface area contributed by atoms with E-state index in [0.29, 0.717) is 25.0 Å². The fourth-order valence-corrected chi connectivity index (χ4v) is 3.05. The third-order valence-electron chi connectivity index (χ3n) is 4.29. The molecule has 0 fully saturated rings. The van der Waals surface area contributed by atoms with Gasteiger partial charge in [-0.1, -0.05) is 0 Å². The van der Waals surface area contributed by atoms with E-state index in [2.05, 4.69) is 4.98 Å². The fourth-order valence-electron chi connectivity index (χ4n) is 3.05. The highest BCUT2D eigenvalue weighted by Crippen LogP contribution is 2.38. The second kappa shape index (κ2) is 5.43. The van der Waals surface area contributed by atoms with Crippen LogP contribution in [-0.4, -0.2) is 27.0 Å². The maximum Gasteiger partial charge on any atom is 0.417 e. The molecule has 1 aliphatic rings. The molecule has 0 aliphatic carbocycles. The second-order valence-electron chi connectivity index (χ2n) is 5.97. The van der Waals surface area contributed by atoms with Crippen molar-refractivity contribution < 1.29 is 22.0 Å². The van der Waals surface area contributed by atoms with Gasteiger partial charge in [0.1, 0.15) is 5.65 Å². The third-order valence-corrected chi connectivity index (χ3v) is 4.29. The van der Waals surface area contributed by atoms with Gasteiger partial charge in [0, 0.05) is 48.5 Å². The number of pyridine rings is 1. The van der Waals surface area contributed by atoms with Crippen LogP contribution >= 0.6 is 0 Å². The zero-order valence-electron chi connectivity index (χ0n) is 12.7. The number of alkyl halides is 5. The van der Waals surface area contributed by atoms with Crippen molar-refractivity contribution in [3.05, 3.63) is 29.1 Å². The molecular formula is C15H16F5N3. The van der Waals surface area contributed by atoms with Crippen molar-refractivity contribution in [1.29, 1.82) is 0 Å². The smallest absolute Gasteiger partial charge is 0.327 e. The van der Waals surface area contributed by atoms with Crippen LogP contribution < -0.4 is 0 Å². The van der Waals surface area contributed by atoms with Gasteiger partial charge in [-0.25, -0.2) is 13.8 Å². The second-order valence-corrected chi connectivity index (χ2v) is 5.97. The van der Waals surface area contributed by atoms with Crippen molar-refractivity contribution in [1.82, 2.24) is 14.5 Å². The van der Waals surface area contributed by atoms with E-state index in [1.807, 2.05) is 18.7 Å². The molecule has 0 bridgehead atoms. The Balaban J connectivity index is 2.21. The van der Waals surface area contributed by atoms with Gasteiger partial charge in [-0.3, -0.25) is 4.90 Å². The molecule has 23 heavy (non-hydrogen) atoms. The Kier molecular flexibility index (Phi) is 3.82. The summed E-state index contributed by atoms with van der Waals surface area (Å²) in [5, 5.41) is -0.101. The molecule has 0 spiro atoms. The summed E-state index contributed by atoms with van der Waals surface area (Å²) >= 11 is 0. The quantitative estimate of drug-likeness (QED) is 0.768. The Morgan fingerprint density at radius 3 is 2.43 bits per heavy atom. The summed E-state index contributed by atoms with van der Waals surface area (Å²) in [4.78, 5) is 5.84. The Morgan fingerprint density at radius 2 is 1.87 bits per heavy atom. The third kappa shape index (κ3) is 2.69. The molecular weight excluding hydrogens is 317 g/mol. The topological polar surface area (TPSA) is 21.1 Å². The molecule has 2 aromatic rings. The number of fused-ring (bicyclic) bond motifs is 3. The SMILES string of the molecule is CC(C)N1CCn2c(c(C(F)F)c3cc(C(F)(F)F)cnc32)C1. The Morgan fingerprint density at radius 1 is 1.17 bits per heavy atom. The summed E-state index contributed by atoms with van der Waals surface area (Å²) in [6.45, 7) is 5.30. The van der Waals surface area contributed by atoms with Crippen LogP contribution in [0, 0.1) is 0 Å². The normalized spacial score (nSPS) is 16.6. The van der Waals surface area contributed by atoms with Crippen LogP contribution in [0.3, 0.4) is 0 Å². The predicted octanol–water partition coefficient (Wildman–Crippen LogP) is 4.22. The van der Waals surface area contributed by atoms with E-state index in [0.717, 1.165) is 6.07 Å². The number of nitrogens with zero attached hydrogens (tertiary/aromatic N) is 3. The lowest BCUT2D eigenvalue weighted by Gasteiger charge is -2.32. The van der Waals surface area contributed by atoms with Crippen LogP contribution in [0.4, 0.5) is 22.0 Å². The minimum atomic E-state index is -4.60. The Hall–Kier alpha value is -1.70. The van der Waals surface area contributed by atoms with Gasteiger partial charge in [0.2, 0.25) is 0 Å². The number of aromatic nitrogens is 2. The highest BCUT2D eigenvalue weighted by molar-refractivity contribution is 5.83. The number of hydrogen-bond acceptors (Lipinski definition) is 2. The van der Waals surface area contributed by atoms with Crippen molar-refractivity contribution in [2.45, 2.75) is 45.6 Å². The highest BCUT2D eigenvalue weighted by atomic mass is 19.4. The molecule has 8 heteroatoms. The summed E-state index contributed by atoms with van der Waals surface area (Å²) in [6, 6.07) is 0.959. The largest absolute Gasteiger partial charge is 0.417 e. The van der Waals surface area contributed by atoms with Gasteiger partial charge in [0.15, 0.2) is 0 Å². The number of halogens is 5. The maximum atomic E-state index is 13.5. The highest BCUT2D eigenvalue weighted by Gasteiger charge is 2.34. The first-order valence-corrected chi connectivity index (χ1v) is 7.30. The van der Waals surface area contributed by atoms with E-state index in [1.165, 1.54) is 0 Å². The summed E-state index contributed by atoms with van der Waals surface area (Å²) in [5.41, 5.74) is -0.770. The van der Waals surface area contributed by atoms with Crippen LogP contribution in [0.5, 0.6) is 0 Å². The summed E-state index contributed by atoms with van der Waals surface area (Å²) in [7, 11) is 0. The molecule has 0 N–H and O–H groups in total. The van der Waals surface area contributed by atoms with Crippen LogP contribution in [0.25, 0.3) is 11.0 Å². The zero-order chi connectivity index (χ0) is 16.9. The summed E-state index contributed by atoms with van der Waals surface area (Å²) in [5.74, 6) is 0. The van der Waals surface area contributed by atoms with Gasteiger partial charge in [0.25, 0.3) is 6.43 Å². The van der Waals surface area contributed by atoms with Gasteiger partial charge in [-0.15, -0.1) is 0 Å². The lowest BCUT2D eigenvalue weighted by atomic mass is 10.1. The molecule has 0 saturated carbocycles. The molecule has 3 heterocycles. The predicted molar refractivity (Wildman–Crippen MR) is 75.2 cm³/mol. The molecule has 2 aromatic heterocycles. The number of hydrogen-bond donors (Lipinski definition) is 0. The minimum absolute atomic E-state index is 0.101. The van der Waals surface area contributed by atoms with E-state index >= 15 is 0 Å². The molecule has 0 radical (unpaired) electrons. The van der Waals surface area contributed by atoms with E-state index in [1.54, 1.807) is 4.57 Å². The lowest BCUT2D eigenvalue weighted by Crippen LogP contribution is -2.38. The van der Waals surface area contributed by atoms with E-state index in [9.17, 15) is 22.0 Å². The molecule has 0 atom stereocenters. The monoisotopic (exact) mass is 333 g/mol. The van der Waals surface area contributed by atoms with E-state index < -0.39 is 18.2 Å². The Bertz CT molecular complexity index is 733. The van der Waals surface area contributed by atoms with Gasteiger partial charge in [0.05, 0.1) is 5.56 Å². The van der Waals surface area contributed by atoms with E-state index in [4.69, 9.17) is 0 Å². The van der Waals surface area contributed by atoms with Crippen LogP contribution in [0.1, 0.15) is 37.1 Å². The molecule has 3 rings (SSSR count). The average Bonchev–Trinajstić information content (AvgIpc) is 2.78.